The summed E-state index contributed by atoms with van der Waals surface area (Å²) in [7, 11) is 0. The Kier molecular flexibility index (Phi) is 2.83. The summed E-state index contributed by atoms with van der Waals surface area (Å²) in [5.74, 6) is 0.130. The Labute approximate surface area is 110 Å². The van der Waals surface area contributed by atoms with Crippen LogP contribution in [0, 0.1) is 0 Å². The molecule has 2 aromatic carbocycles. The van der Waals surface area contributed by atoms with Crippen molar-refractivity contribution in [3.8, 4) is 11.1 Å². The standard InChI is InChI=1S/C14H13N3O2/c15-14-10-16(19-17(14)18)13-8-4-7-12(9-13)11-5-2-1-3-6-11/h1-10,18H,15H2. The van der Waals surface area contributed by atoms with Gasteiger partial charge in [0.1, 0.15) is 0 Å². The molecule has 2 aromatic rings. The lowest BCUT2D eigenvalue weighted by atomic mass is 10.1. The normalized spacial score (nSPS) is 14.7. The van der Waals surface area contributed by atoms with Gasteiger partial charge < -0.3 is 5.73 Å². The van der Waals surface area contributed by atoms with Crippen LogP contribution in [-0.2, 0) is 4.94 Å². The number of hydrogen-bond donors (Lipinski definition) is 2. The maximum Gasteiger partial charge on any atom is 0.176 e. The Balaban J connectivity index is 1.93. The monoisotopic (exact) mass is 255 g/mol. The molecular formula is C14H13N3O2. The molecule has 0 atom stereocenters. The van der Waals surface area contributed by atoms with E-state index < -0.39 is 0 Å². The lowest BCUT2D eigenvalue weighted by Crippen LogP contribution is -2.22. The van der Waals surface area contributed by atoms with Gasteiger partial charge in [0.25, 0.3) is 0 Å². The van der Waals surface area contributed by atoms with Crippen molar-refractivity contribution in [3.63, 3.8) is 0 Å². The molecule has 0 radical (unpaired) electrons. The van der Waals surface area contributed by atoms with Crippen molar-refractivity contribution in [1.29, 1.82) is 0 Å². The number of hydroxylamine groups is 3. The fourth-order valence-electron chi connectivity index (χ4n) is 1.90. The summed E-state index contributed by atoms with van der Waals surface area (Å²) in [6.45, 7) is 0. The second-order valence-electron chi connectivity index (χ2n) is 4.15. The molecule has 0 aliphatic carbocycles. The molecule has 3 rings (SSSR count). The maximum atomic E-state index is 9.29. The molecule has 0 spiro atoms. The predicted octanol–water partition coefficient (Wildman–Crippen LogP) is 2.47. The fraction of sp³-hybridized carbons (Fsp3) is 0. The third-order valence-electron chi connectivity index (χ3n) is 2.84. The SMILES string of the molecule is NC1=CN(c2cccc(-c3ccccc3)c2)ON1O. The first-order valence-corrected chi connectivity index (χ1v) is 5.83. The highest BCUT2D eigenvalue weighted by atomic mass is 17.0. The minimum atomic E-state index is 0.130. The van der Waals surface area contributed by atoms with Crippen molar-refractivity contribution in [2.75, 3.05) is 5.06 Å². The van der Waals surface area contributed by atoms with E-state index in [1.807, 2.05) is 54.6 Å². The van der Waals surface area contributed by atoms with Crippen molar-refractivity contribution in [2.24, 2.45) is 5.73 Å². The van der Waals surface area contributed by atoms with Crippen LogP contribution in [0.1, 0.15) is 0 Å². The second-order valence-corrected chi connectivity index (χ2v) is 4.15. The Morgan fingerprint density at radius 3 is 2.37 bits per heavy atom. The van der Waals surface area contributed by atoms with Gasteiger partial charge in [-0.25, -0.2) is 0 Å². The summed E-state index contributed by atoms with van der Waals surface area (Å²) in [6.07, 6.45) is 1.50. The van der Waals surface area contributed by atoms with Crippen LogP contribution in [-0.4, -0.2) is 10.4 Å². The molecular weight excluding hydrogens is 242 g/mol. The lowest BCUT2D eigenvalue weighted by Gasteiger charge is -2.16. The van der Waals surface area contributed by atoms with Gasteiger partial charge in [-0.15, -0.1) is 4.94 Å². The van der Waals surface area contributed by atoms with E-state index in [9.17, 15) is 5.21 Å². The average molecular weight is 255 g/mol. The fourth-order valence-corrected chi connectivity index (χ4v) is 1.90. The van der Waals surface area contributed by atoms with Gasteiger partial charge in [0.05, 0.1) is 11.9 Å². The summed E-state index contributed by atoms with van der Waals surface area (Å²) in [6, 6.07) is 17.8. The van der Waals surface area contributed by atoms with E-state index in [2.05, 4.69) is 0 Å². The van der Waals surface area contributed by atoms with Crippen LogP contribution >= 0.6 is 0 Å². The maximum absolute atomic E-state index is 9.29. The van der Waals surface area contributed by atoms with Gasteiger partial charge in [0, 0.05) is 0 Å². The van der Waals surface area contributed by atoms with Gasteiger partial charge in [-0.3, -0.25) is 5.21 Å². The van der Waals surface area contributed by atoms with Crippen LogP contribution in [0.2, 0.25) is 0 Å². The molecule has 5 heteroatoms. The Morgan fingerprint density at radius 1 is 0.947 bits per heavy atom. The van der Waals surface area contributed by atoms with Crippen LogP contribution in [0.5, 0.6) is 0 Å². The average Bonchev–Trinajstić information content (AvgIpc) is 2.80. The molecule has 19 heavy (non-hydrogen) atoms. The van der Waals surface area contributed by atoms with Crippen molar-refractivity contribution in [1.82, 2.24) is 5.23 Å². The Hall–Kier alpha value is -2.50. The van der Waals surface area contributed by atoms with Gasteiger partial charge in [-0.2, -0.15) is 5.06 Å². The minimum Gasteiger partial charge on any atom is -0.380 e. The molecule has 0 bridgehead atoms. The number of hydrogen-bond acceptors (Lipinski definition) is 5. The van der Waals surface area contributed by atoms with Crippen molar-refractivity contribution in [3.05, 3.63) is 66.6 Å². The van der Waals surface area contributed by atoms with Crippen molar-refractivity contribution in [2.45, 2.75) is 0 Å². The zero-order valence-corrected chi connectivity index (χ0v) is 10.1. The molecule has 0 saturated carbocycles. The summed E-state index contributed by atoms with van der Waals surface area (Å²) < 4.78 is 0. The van der Waals surface area contributed by atoms with Gasteiger partial charge in [-0.05, 0) is 23.3 Å². The zero-order valence-electron chi connectivity index (χ0n) is 10.1. The largest absolute Gasteiger partial charge is 0.380 e. The number of nitrogens with zero attached hydrogens (tertiary/aromatic N) is 2. The summed E-state index contributed by atoms with van der Waals surface area (Å²) >= 11 is 0. The zero-order chi connectivity index (χ0) is 13.2. The minimum absolute atomic E-state index is 0.130. The topological polar surface area (TPSA) is 62.0 Å². The van der Waals surface area contributed by atoms with E-state index in [0.717, 1.165) is 16.8 Å². The Bertz CT molecular complexity index is 613. The first-order valence-electron chi connectivity index (χ1n) is 5.83. The third kappa shape index (κ3) is 2.24. The number of rotatable bonds is 2. The molecule has 1 aliphatic rings. The highest BCUT2D eigenvalue weighted by Gasteiger charge is 2.20. The van der Waals surface area contributed by atoms with E-state index in [1.54, 1.807) is 0 Å². The van der Waals surface area contributed by atoms with Gasteiger partial charge >= 0.3 is 0 Å². The third-order valence-corrected chi connectivity index (χ3v) is 2.84. The number of benzene rings is 2. The summed E-state index contributed by atoms with van der Waals surface area (Å²) in [5, 5.41) is 11.2. The van der Waals surface area contributed by atoms with E-state index in [0.29, 0.717) is 5.23 Å². The lowest BCUT2D eigenvalue weighted by molar-refractivity contribution is -0.304. The van der Waals surface area contributed by atoms with Crippen LogP contribution in [0.15, 0.2) is 66.6 Å². The molecule has 5 nitrogen and oxygen atoms in total. The van der Waals surface area contributed by atoms with Crippen molar-refractivity contribution < 1.29 is 10.1 Å². The van der Waals surface area contributed by atoms with E-state index in [1.165, 1.54) is 11.3 Å². The van der Waals surface area contributed by atoms with Gasteiger partial charge in [0.15, 0.2) is 5.82 Å². The molecule has 1 heterocycles. The molecule has 0 fully saturated rings. The van der Waals surface area contributed by atoms with Gasteiger partial charge in [0.2, 0.25) is 0 Å². The van der Waals surface area contributed by atoms with E-state index in [-0.39, 0.29) is 5.82 Å². The molecule has 3 N–H and O–H groups in total. The van der Waals surface area contributed by atoms with Gasteiger partial charge in [-0.1, -0.05) is 47.7 Å². The highest BCUT2D eigenvalue weighted by molar-refractivity contribution is 5.68. The molecule has 0 unspecified atom stereocenters. The van der Waals surface area contributed by atoms with Crippen LogP contribution in [0.4, 0.5) is 5.69 Å². The first kappa shape index (κ1) is 11.6. The van der Waals surface area contributed by atoms with E-state index >= 15 is 0 Å². The highest BCUT2D eigenvalue weighted by Crippen LogP contribution is 2.27. The smallest absolute Gasteiger partial charge is 0.176 e. The number of anilines is 1. The number of nitrogens with two attached hydrogens (primary N) is 1. The van der Waals surface area contributed by atoms with Crippen LogP contribution in [0.3, 0.4) is 0 Å². The first-order chi connectivity index (χ1) is 9.24. The molecule has 0 amide bonds. The molecule has 1 aliphatic heterocycles. The quantitative estimate of drug-likeness (QED) is 0.863. The Morgan fingerprint density at radius 2 is 1.68 bits per heavy atom. The summed E-state index contributed by atoms with van der Waals surface area (Å²) in [4.78, 5) is 5.06. The van der Waals surface area contributed by atoms with Crippen LogP contribution < -0.4 is 10.8 Å². The molecule has 0 saturated heterocycles. The van der Waals surface area contributed by atoms with Crippen LogP contribution in [0.25, 0.3) is 11.1 Å². The molecule has 0 aromatic heterocycles. The van der Waals surface area contributed by atoms with Crippen molar-refractivity contribution >= 4 is 5.69 Å². The molecule has 96 valence electrons. The van der Waals surface area contributed by atoms with E-state index in [4.69, 9.17) is 10.7 Å². The summed E-state index contributed by atoms with van der Waals surface area (Å²) in [5.41, 5.74) is 8.48. The predicted molar refractivity (Wildman–Crippen MR) is 71.3 cm³/mol. The second kappa shape index (κ2) is 4.64.